The smallest absolute Gasteiger partial charge is 0.123 e. The van der Waals surface area contributed by atoms with E-state index >= 15 is 0 Å². The van der Waals surface area contributed by atoms with E-state index in [1.807, 2.05) is 0 Å². The molecule has 1 aliphatic heterocycles. The summed E-state index contributed by atoms with van der Waals surface area (Å²) in [6, 6.07) is 0. The van der Waals surface area contributed by atoms with Crippen LogP contribution in [0, 0.1) is 11.8 Å². The second-order valence-electron chi connectivity index (χ2n) is 3.25. The Morgan fingerprint density at radius 3 is 2.90 bits per heavy atom. The Kier molecular flexibility index (Phi) is 1.49. The average molecular weight is 140 g/mol. The fourth-order valence-electron chi connectivity index (χ4n) is 1.76. The van der Waals surface area contributed by atoms with Gasteiger partial charge < -0.3 is 9.53 Å². The van der Waals surface area contributed by atoms with Crippen molar-refractivity contribution in [1.29, 1.82) is 0 Å². The van der Waals surface area contributed by atoms with Crippen molar-refractivity contribution in [2.75, 3.05) is 6.61 Å². The van der Waals surface area contributed by atoms with E-state index in [0.717, 1.165) is 19.3 Å². The molecular weight excluding hydrogens is 128 g/mol. The summed E-state index contributed by atoms with van der Waals surface area (Å²) in [6.45, 7) is 0.909. The summed E-state index contributed by atoms with van der Waals surface area (Å²) in [5.41, 5.74) is 0. The van der Waals surface area contributed by atoms with E-state index in [9.17, 15) is 4.79 Å². The van der Waals surface area contributed by atoms with Crippen LogP contribution in [0.1, 0.15) is 19.3 Å². The van der Waals surface area contributed by atoms with Gasteiger partial charge in [-0.05, 0) is 25.2 Å². The highest BCUT2D eigenvalue weighted by Gasteiger charge is 2.44. The number of hydrogen-bond donors (Lipinski definition) is 0. The molecule has 1 heterocycles. The van der Waals surface area contributed by atoms with Gasteiger partial charge in [-0.1, -0.05) is 0 Å². The van der Waals surface area contributed by atoms with Gasteiger partial charge in [-0.3, -0.25) is 0 Å². The first-order chi connectivity index (χ1) is 4.92. The predicted molar refractivity (Wildman–Crippen MR) is 36.6 cm³/mol. The Labute approximate surface area is 60.6 Å². The van der Waals surface area contributed by atoms with Gasteiger partial charge >= 0.3 is 0 Å². The normalized spacial score (nSPS) is 45.4. The number of carbonyl (C=O) groups excluding carboxylic acids is 1. The lowest BCUT2D eigenvalue weighted by molar-refractivity contribution is -0.109. The number of hydrogen-bond acceptors (Lipinski definition) is 2. The third kappa shape index (κ3) is 0.966. The molecule has 0 aromatic heterocycles. The molecular formula is C8H12O2. The highest BCUT2D eigenvalue weighted by molar-refractivity contribution is 5.58. The topological polar surface area (TPSA) is 26.3 Å². The highest BCUT2D eigenvalue weighted by atomic mass is 16.5. The minimum absolute atomic E-state index is 0.336. The maximum Gasteiger partial charge on any atom is 0.123 e. The summed E-state index contributed by atoms with van der Waals surface area (Å²) in [6.07, 6.45) is 4.94. The molecule has 56 valence electrons. The standard InChI is InChI=1S/C8H12O2/c9-5-6-4-7(6)8-2-1-3-10-8/h5-8H,1-4H2/t6-,7+,8-/m0/s1. The van der Waals surface area contributed by atoms with E-state index in [2.05, 4.69) is 0 Å². The lowest BCUT2D eigenvalue weighted by Gasteiger charge is -2.05. The predicted octanol–water partition coefficient (Wildman–Crippen LogP) is 1.00. The van der Waals surface area contributed by atoms with Gasteiger partial charge in [-0.15, -0.1) is 0 Å². The van der Waals surface area contributed by atoms with E-state index in [1.54, 1.807) is 0 Å². The quantitative estimate of drug-likeness (QED) is 0.535. The van der Waals surface area contributed by atoms with Gasteiger partial charge in [0.25, 0.3) is 0 Å². The van der Waals surface area contributed by atoms with Crippen molar-refractivity contribution in [3.63, 3.8) is 0 Å². The molecule has 0 amide bonds. The second-order valence-corrected chi connectivity index (χ2v) is 3.25. The molecule has 10 heavy (non-hydrogen) atoms. The Balaban J connectivity index is 1.84. The fourth-order valence-corrected chi connectivity index (χ4v) is 1.76. The largest absolute Gasteiger partial charge is 0.378 e. The van der Waals surface area contributed by atoms with Crippen molar-refractivity contribution < 1.29 is 9.53 Å². The van der Waals surface area contributed by atoms with Crippen LogP contribution in [0.4, 0.5) is 0 Å². The van der Waals surface area contributed by atoms with Crippen molar-refractivity contribution in [3.05, 3.63) is 0 Å². The van der Waals surface area contributed by atoms with Gasteiger partial charge in [0.2, 0.25) is 0 Å². The first kappa shape index (κ1) is 6.35. The summed E-state index contributed by atoms with van der Waals surface area (Å²) in [4.78, 5) is 10.3. The zero-order valence-corrected chi connectivity index (χ0v) is 5.95. The SMILES string of the molecule is O=C[C@@H]1C[C@H]1[C@@H]1CCCO1. The van der Waals surface area contributed by atoms with E-state index in [1.165, 1.54) is 12.8 Å². The fraction of sp³-hybridized carbons (Fsp3) is 0.875. The summed E-state index contributed by atoms with van der Waals surface area (Å²) in [5, 5.41) is 0. The van der Waals surface area contributed by atoms with Crippen LogP contribution in [0.2, 0.25) is 0 Å². The molecule has 2 heteroatoms. The lowest BCUT2D eigenvalue weighted by Crippen LogP contribution is -2.08. The number of ether oxygens (including phenoxy) is 1. The van der Waals surface area contributed by atoms with Crippen LogP contribution in [0.5, 0.6) is 0 Å². The third-order valence-corrected chi connectivity index (χ3v) is 2.51. The van der Waals surface area contributed by atoms with E-state index < -0.39 is 0 Å². The van der Waals surface area contributed by atoms with Crippen molar-refractivity contribution >= 4 is 6.29 Å². The molecule has 2 rings (SSSR count). The summed E-state index contributed by atoms with van der Waals surface area (Å²) >= 11 is 0. The van der Waals surface area contributed by atoms with Gasteiger partial charge in [-0.25, -0.2) is 0 Å². The van der Waals surface area contributed by atoms with E-state index in [-0.39, 0.29) is 0 Å². The molecule has 0 spiro atoms. The molecule has 0 aromatic rings. The molecule has 2 fully saturated rings. The van der Waals surface area contributed by atoms with E-state index in [0.29, 0.717) is 17.9 Å². The van der Waals surface area contributed by atoms with Crippen molar-refractivity contribution in [2.24, 2.45) is 11.8 Å². The van der Waals surface area contributed by atoms with Crippen LogP contribution in [-0.4, -0.2) is 19.0 Å². The van der Waals surface area contributed by atoms with Gasteiger partial charge in [0.15, 0.2) is 0 Å². The summed E-state index contributed by atoms with van der Waals surface area (Å²) in [7, 11) is 0. The highest BCUT2D eigenvalue weighted by Crippen LogP contribution is 2.43. The lowest BCUT2D eigenvalue weighted by atomic mass is 10.1. The van der Waals surface area contributed by atoms with Crippen LogP contribution in [-0.2, 0) is 9.53 Å². The van der Waals surface area contributed by atoms with Crippen molar-refractivity contribution in [3.8, 4) is 0 Å². The monoisotopic (exact) mass is 140 g/mol. The zero-order chi connectivity index (χ0) is 6.97. The van der Waals surface area contributed by atoms with Gasteiger partial charge in [-0.2, -0.15) is 0 Å². The average Bonchev–Trinajstić information content (AvgIpc) is 2.56. The Morgan fingerprint density at radius 1 is 1.50 bits per heavy atom. The third-order valence-electron chi connectivity index (χ3n) is 2.51. The van der Waals surface area contributed by atoms with Crippen LogP contribution >= 0.6 is 0 Å². The van der Waals surface area contributed by atoms with Gasteiger partial charge in [0.05, 0.1) is 6.10 Å². The summed E-state index contributed by atoms with van der Waals surface area (Å²) in [5.74, 6) is 0.920. The molecule has 0 N–H and O–H groups in total. The molecule has 2 aliphatic rings. The first-order valence-corrected chi connectivity index (χ1v) is 3.98. The van der Waals surface area contributed by atoms with Crippen molar-refractivity contribution in [1.82, 2.24) is 0 Å². The Morgan fingerprint density at radius 2 is 2.40 bits per heavy atom. The van der Waals surface area contributed by atoms with Crippen LogP contribution in [0.25, 0.3) is 0 Å². The molecule has 0 bridgehead atoms. The second kappa shape index (κ2) is 2.35. The zero-order valence-electron chi connectivity index (χ0n) is 5.95. The van der Waals surface area contributed by atoms with E-state index in [4.69, 9.17) is 4.74 Å². The maximum absolute atomic E-state index is 10.3. The molecule has 3 atom stereocenters. The molecule has 1 saturated heterocycles. The van der Waals surface area contributed by atoms with Crippen LogP contribution < -0.4 is 0 Å². The first-order valence-electron chi connectivity index (χ1n) is 3.98. The van der Waals surface area contributed by atoms with Crippen LogP contribution in [0.3, 0.4) is 0 Å². The summed E-state index contributed by atoms with van der Waals surface area (Å²) < 4.78 is 5.45. The Bertz CT molecular complexity index is 138. The Hall–Kier alpha value is -0.370. The van der Waals surface area contributed by atoms with Crippen LogP contribution in [0.15, 0.2) is 0 Å². The maximum atomic E-state index is 10.3. The molecule has 1 aliphatic carbocycles. The number of aldehydes is 1. The van der Waals surface area contributed by atoms with Crippen molar-refractivity contribution in [2.45, 2.75) is 25.4 Å². The number of carbonyl (C=O) groups is 1. The molecule has 0 unspecified atom stereocenters. The molecule has 0 aromatic carbocycles. The molecule has 0 radical (unpaired) electrons. The minimum Gasteiger partial charge on any atom is -0.378 e. The molecule has 1 saturated carbocycles. The van der Waals surface area contributed by atoms with Gasteiger partial charge in [0.1, 0.15) is 6.29 Å². The number of rotatable bonds is 2. The minimum atomic E-state index is 0.336. The molecule has 2 nitrogen and oxygen atoms in total. The van der Waals surface area contributed by atoms with Gasteiger partial charge in [0, 0.05) is 12.5 Å².